The minimum Gasteiger partial charge on any atom is -0.380 e. The highest BCUT2D eigenvalue weighted by molar-refractivity contribution is 5.10. The Morgan fingerprint density at radius 2 is 2.11 bits per heavy atom. The van der Waals surface area contributed by atoms with Crippen molar-refractivity contribution in [2.75, 3.05) is 13.7 Å². The van der Waals surface area contributed by atoms with Crippen LogP contribution >= 0.6 is 0 Å². The third-order valence-corrected chi connectivity index (χ3v) is 3.32. The lowest BCUT2D eigenvalue weighted by Crippen LogP contribution is -2.45. The number of aryl methyl sites for hydroxylation is 2. The van der Waals surface area contributed by atoms with Crippen LogP contribution in [0.1, 0.15) is 32.2 Å². The summed E-state index contributed by atoms with van der Waals surface area (Å²) in [5.41, 5.74) is 2.32. The zero-order valence-electron chi connectivity index (χ0n) is 12.5. The molecule has 0 fully saturated rings. The van der Waals surface area contributed by atoms with E-state index in [4.69, 9.17) is 4.74 Å². The highest BCUT2D eigenvalue weighted by Gasteiger charge is 2.24. The number of aromatic nitrogens is 2. The number of methoxy groups -OCH3 is 1. The molecule has 0 radical (unpaired) electrons. The van der Waals surface area contributed by atoms with Gasteiger partial charge >= 0.3 is 0 Å². The quantitative estimate of drug-likeness (QED) is 0.807. The predicted octanol–water partition coefficient (Wildman–Crippen LogP) is 1.92. The van der Waals surface area contributed by atoms with E-state index in [1.54, 1.807) is 7.11 Å². The Morgan fingerprint density at radius 3 is 2.50 bits per heavy atom. The summed E-state index contributed by atoms with van der Waals surface area (Å²) in [7, 11) is 3.80. The van der Waals surface area contributed by atoms with Gasteiger partial charge in [0.2, 0.25) is 0 Å². The molecule has 4 nitrogen and oxygen atoms in total. The van der Waals surface area contributed by atoms with Crippen LogP contribution in [0.15, 0.2) is 6.07 Å². The van der Waals surface area contributed by atoms with Crippen molar-refractivity contribution in [3.05, 3.63) is 17.5 Å². The van der Waals surface area contributed by atoms with Gasteiger partial charge in [-0.3, -0.25) is 4.68 Å². The van der Waals surface area contributed by atoms with Crippen LogP contribution in [0.2, 0.25) is 0 Å². The van der Waals surface area contributed by atoms with Gasteiger partial charge in [0, 0.05) is 32.3 Å². The van der Waals surface area contributed by atoms with Crippen LogP contribution in [-0.4, -0.2) is 35.6 Å². The second-order valence-electron chi connectivity index (χ2n) is 5.21. The van der Waals surface area contributed by atoms with Crippen LogP contribution in [0.3, 0.4) is 0 Å². The molecule has 1 N–H and O–H groups in total. The van der Waals surface area contributed by atoms with Gasteiger partial charge < -0.3 is 10.1 Å². The molecule has 2 atom stereocenters. The molecule has 2 unspecified atom stereocenters. The standard InChI is InChI=1S/C14H27N3O/c1-7-15-13(14(18-6)10(2)3)9-12-8-11(4)16-17(12)5/h8,10,13-15H,7,9H2,1-6H3. The second-order valence-corrected chi connectivity index (χ2v) is 5.21. The average molecular weight is 253 g/mol. The molecule has 0 amide bonds. The van der Waals surface area contributed by atoms with Crippen molar-refractivity contribution in [2.45, 2.75) is 46.3 Å². The first-order chi connectivity index (χ1) is 8.49. The molecule has 104 valence electrons. The van der Waals surface area contributed by atoms with Crippen molar-refractivity contribution < 1.29 is 4.74 Å². The van der Waals surface area contributed by atoms with Crippen LogP contribution in [0.4, 0.5) is 0 Å². The summed E-state index contributed by atoms with van der Waals surface area (Å²) < 4.78 is 7.62. The molecule has 0 saturated carbocycles. The van der Waals surface area contributed by atoms with Gasteiger partial charge in [-0.15, -0.1) is 0 Å². The molecule has 1 aromatic heterocycles. The zero-order valence-corrected chi connectivity index (χ0v) is 12.5. The monoisotopic (exact) mass is 253 g/mol. The van der Waals surface area contributed by atoms with E-state index >= 15 is 0 Å². The Bertz CT molecular complexity index is 360. The first-order valence-electron chi connectivity index (χ1n) is 6.75. The van der Waals surface area contributed by atoms with Crippen LogP contribution in [0, 0.1) is 12.8 Å². The summed E-state index contributed by atoms with van der Waals surface area (Å²) in [5, 5.41) is 7.94. The van der Waals surface area contributed by atoms with Crippen molar-refractivity contribution in [3.63, 3.8) is 0 Å². The van der Waals surface area contributed by atoms with Gasteiger partial charge in [0.05, 0.1) is 11.8 Å². The van der Waals surface area contributed by atoms with Gasteiger partial charge in [0.15, 0.2) is 0 Å². The SMILES string of the molecule is CCNC(Cc1cc(C)nn1C)C(OC)C(C)C. The highest BCUT2D eigenvalue weighted by atomic mass is 16.5. The molecule has 1 aromatic rings. The summed E-state index contributed by atoms with van der Waals surface area (Å²) in [6.07, 6.45) is 1.17. The third kappa shape index (κ3) is 3.82. The van der Waals surface area contributed by atoms with Crippen molar-refractivity contribution in [1.29, 1.82) is 0 Å². The van der Waals surface area contributed by atoms with Gasteiger partial charge in [0.1, 0.15) is 0 Å². The third-order valence-electron chi connectivity index (χ3n) is 3.32. The van der Waals surface area contributed by atoms with E-state index in [-0.39, 0.29) is 6.10 Å². The summed E-state index contributed by atoms with van der Waals surface area (Å²) in [5.74, 6) is 0.494. The lowest BCUT2D eigenvalue weighted by Gasteiger charge is -2.29. The Hall–Kier alpha value is -0.870. The molecular formula is C14H27N3O. The summed E-state index contributed by atoms with van der Waals surface area (Å²) in [4.78, 5) is 0. The van der Waals surface area contributed by atoms with Crippen LogP contribution in [0.25, 0.3) is 0 Å². The molecule has 0 saturated heterocycles. The fraction of sp³-hybridized carbons (Fsp3) is 0.786. The molecule has 4 heteroatoms. The molecule has 1 heterocycles. The van der Waals surface area contributed by atoms with E-state index < -0.39 is 0 Å². The second kappa shape index (κ2) is 6.90. The molecule has 0 aromatic carbocycles. The van der Waals surface area contributed by atoms with Crippen molar-refractivity contribution in [3.8, 4) is 0 Å². The Balaban J connectivity index is 2.82. The highest BCUT2D eigenvalue weighted by Crippen LogP contribution is 2.15. The largest absolute Gasteiger partial charge is 0.380 e. The van der Waals surface area contributed by atoms with E-state index in [2.05, 4.69) is 37.3 Å². The number of likely N-dealkylation sites (N-methyl/N-ethyl adjacent to an activating group) is 1. The molecular weight excluding hydrogens is 226 g/mol. The van der Waals surface area contributed by atoms with Gasteiger partial charge in [-0.1, -0.05) is 20.8 Å². The minimum atomic E-state index is 0.222. The molecule has 0 aliphatic heterocycles. The fourth-order valence-electron chi connectivity index (χ4n) is 2.55. The zero-order chi connectivity index (χ0) is 13.7. The van der Waals surface area contributed by atoms with Crippen LogP contribution in [0.5, 0.6) is 0 Å². The number of rotatable bonds is 7. The normalized spacial score (nSPS) is 15.1. The van der Waals surface area contributed by atoms with E-state index in [1.165, 1.54) is 5.69 Å². The molecule has 0 aliphatic carbocycles. The first kappa shape index (κ1) is 15.2. The number of hydrogen-bond acceptors (Lipinski definition) is 3. The van der Waals surface area contributed by atoms with Crippen molar-refractivity contribution >= 4 is 0 Å². The maximum Gasteiger partial charge on any atom is 0.0750 e. The van der Waals surface area contributed by atoms with Crippen molar-refractivity contribution in [2.24, 2.45) is 13.0 Å². The van der Waals surface area contributed by atoms with E-state index in [0.717, 1.165) is 18.7 Å². The topological polar surface area (TPSA) is 39.1 Å². The van der Waals surface area contributed by atoms with Crippen molar-refractivity contribution in [1.82, 2.24) is 15.1 Å². The number of hydrogen-bond donors (Lipinski definition) is 1. The fourth-order valence-corrected chi connectivity index (χ4v) is 2.55. The molecule has 0 aliphatic rings. The molecule has 0 bridgehead atoms. The smallest absolute Gasteiger partial charge is 0.0750 e. The first-order valence-corrected chi connectivity index (χ1v) is 6.75. The van der Waals surface area contributed by atoms with Gasteiger partial charge in [-0.25, -0.2) is 0 Å². The maximum atomic E-state index is 5.65. The van der Waals surface area contributed by atoms with E-state index in [1.807, 2.05) is 18.7 Å². The Kier molecular flexibility index (Phi) is 5.82. The molecule has 0 spiro atoms. The number of nitrogens with one attached hydrogen (secondary N) is 1. The Morgan fingerprint density at radius 1 is 1.44 bits per heavy atom. The lowest BCUT2D eigenvalue weighted by atomic mass is 9.95. The number of nitrogens with zero attached hydrogens (tertiary/aromatic N) is 2. The summed E-state index contributed by atoms with van der Waals surface area (Å²) in [6, 6.07) is 2.48. The lowest BCUT2D eigenvalue weighted by molar-refractivity contribution is 0.0332. The van der Waals surface area contributed by atoms with E-state index in [0.29, 0.717) is 12.0 Å². The maximum absolute atomic E-state index is 5.65. The molecule has 1 rings (SSSR count). The summed E-state index contributed by atoms with van der Waals surface area (Å²) in [6.45, 7) is 9.52. The van der Waals surface area contributed by atoms with E-state index in [9.17, 15) is 0 Å². The van der Waals surface area contributed by atoms with Crippen LogP contribution < -0.4 is 5.32 Å². The molecule has 18 heavy (non-hydrogen) atoms. The minimum absolute atomic E-state index is 0.222. The van der Waals surface area contributed by atoms with Crippen LogP contribution in [-0.2, 0) is 18.2 Å². The summed E-state index contributed by atoms with van der Waals surface area (Å²) >= 11 is 0. The van der Waals surface area contributed by atoms with Gasteiger partial charge in [-0.2, -0.15) is 5.10 Å². The van der Waals surface area contributed by atoms with Gasteiger partial charge in [0.25, 0.3) is 0 Å². The van der Waals surface area contributed by atoms with Gasteiger partial charge in [-0.05, 0) is 25.5 Å². The Labute approximate surface area is 111 Å². The number of ether oxygens (including phenoxy) is 1. The predicted molar refractivity (Wildman–Crippen MR) is 74.7 cm³/mol. The average Bonchev–Trinajstić information content (AvgIpc) is 2.58.